The van der Waals surface area contributed by atoms with Crippen LogP contribution in [0.4, 0.5) is 0 Å². The van der Waals surface area contributed by atoms with Crippen LogP contribution in [-0.4, -0.2) is 34.6 Å². The zero-order valence-corrected chi connectivity index (χ0v) is 22.0. The van der Waals surface area contributed by atoms with Crippen LogP contribution in [0, 0.1) is 0 Å². The molecule has 1 fully saturated rings. The number of amides is 2. The first-order valence-electron chi connectivity index (χ1n) is 12.6. The molecule has 3 aromatic rings. The molecule has 188 valence electrons. The zero-order chi connectivity index (χ0) is 25.2. The molecular formula is C30H33ClN2O2S. The Hall–Kier alpha value is -2.76. The summed E-state index contributed by atoms with van der Waals surface area (Å²) in [6.07, 6.45) is 4.73. The molecule has 1 unspecified atom stereocenters. The molecule has 0 aromatic heterocycles. The highest BCUT2D eigenvalue weighted by atomic mass is 35.5. The number of benzene rings is 3. The molecule has 1 atom stereocenters. The molecule has 1 aliphatic rings. The number of halogens is 1. The second-order valence-electron chi connectivity index (χ2n) is 9.33. The van der Waals surface area contributed by atoms with E-state index in [0.29, 0.717) is 23.7 Å². The predicted octanol–water partition coefficient (Wildman–Crippen LogP) is 6.27. The van der Waals surface area contributed by atoms with Gasteiger partial charge in [-0.05, 0) is 41.7 Å². The van der Waals surface area contributed by atoms with Crippen molar-refractivity contribution in [1.29, 1.82) is 0 Å². The summed E-state index contributed by atoms with van der Waals surface area (Å²) in [6.45, 7) is 0.334. The minimum absolute atomic E-state index is 0.0431. The van der Waals surface area contributed by atoms with Gasteiger partial charge >= 0.3 is 0 Å². The van der Waals surface area contributed by atoms with E-state index in [1.54, 1.807) is 16.7 Å². The first-order valence-corrected chi connectivity index (χ1v) is 14.1. The molecule has 3 aromatic carbocycles. The van der Waals surface area contributed by atoms with Crippen molar-refractivity contribution in [1.82, 2.24) is 10.2 Å². The van der Waals surface area contributed by atoms with Gasteiger partial charge in [0.2, 0.25) is 11.8 Å². The van der Waals surface area contributed by atoms with Gasteiger partial charge in [0.1, 0.15) is 6.04 Å². The second kappa shape index (κ2) is 13.5. The molecule has 0 radical (unpaired) electrons. The van der Waals surface area contributed by atoms with E-state index in [1.807, 2.05) is 72.8 Å². The molecule has 0 saturated heterocycles. The lowest BCUT2D eigenvalue weighted by molar-refractivity contribution is -0.139. The number of nitrogens with zero attached hydrogens (tertiary/aromatic N) is 1. The summed E-state index contributed by atoms with van der Waals surface area (Å²) in [5, 5.41) is 3.87. The van der Waals surface area contributed by atoms with Gasteiger partial charge in [0, 0.05) is 29.8 Å². The van der Waals surface area contributed by atoms with Crippen molar-refractivity contribution in [2.24, 2.45) is 0 Å². The van der Waals surface area contributed by atoms with Crippen LogP contribution in [0.25, 0.3) is 0 Å². The van der Waals surface area contributed by atoms with Crippen molar-refractivity contribution >= 4 is 35.2 Å². The molecule has 6 heteroatoms. The lowest BCUT2D eigenvalue weighted by atomic mass is 10.0. The third kappa shape index (κ3) is 7.87. The van der Waals surface area contributed by atoms with Gasteiger partial charge in [-0.3, -0.25) is 9.59 Å². The van der Waals surface area contributed by atoms with Crippen LogP contribution in [0.2, 0.25) is 5.02 Å². The highest BCUT2D eigenvalue weighted by molar-refractivity contribution is 7.99. The molecule has 1 aliphatic carbocycles. The quantitative estimate of drug-likeness (QED) is 0.324. The minimum atomic E-state index is -0.600. The van der Waals surface area contributed by atoms with Gasteiger partial charge in [-0.15, -0.1) is 11.8 Å². The van der Waals surface area contributed by atoms with Crippen LogP contribution in [-0.2, 0) is 28.3 Å². The number of hydrogen-bond donors (Lipinski definition) is 1. The molecule has 0 bridgehead atoms. The van der Waals surface area contributed by atoms with Crippen molar-refractivity contribution in [2.75, 3.05) is 5.75 Å². The van der Waals surface area contributed by atoms with Gasteiger partial charge in [0.05, 0.1) is 5.75 Å². The average Bonchev–Trinajstić information content (AvgIpc) is 3.40. The molecule has 0 aliphatic heterocycles. The standard InChI is InChI=1S/C30H33ClN2O2S/c31-26-15-9-14-25(18-26)20-33(29(34)22-36-21-24-12-5-2-6-13-24)28(19-23-10-3-1-4-11-23)30(35)32-27-16-7-8-17-27/h1-6,9-15,18,27-28H,7-8,16-17,19-22H2,(H,32,35). The monoisotopic (exact) mass is 520 g/mol. The lowest BCUT2D eigenvalue weighted by Gasteiger charge is -2.32. The van der Waals surface area contributed by atoms with E-state index in [2.05, 4.69) is 17.4 Å². The molecule has 1 saturated carbocycles. The van der Waals surface area contributed by atoms with Crippen LogP contribution in [0.1, 0.15) is 42.4 Å². The number of carbonyl (C=O) groups is 2. The normalized spacial score (nSPS) is 14.4. The summed E-state index contributed by atoms with van der Waals surface area (Å²) < 4.78 is 0. The molecule has 2 amide bonds. The smallest absolute Gasteiger partial charge is 0.243 e. The molecular weight excluding hydrogens is 488 g/mol. The van der Waals surface area contributed by atoms with Crippen molar-refractivity contribution in [3.05, 3.63) is 107 Å². The Morgan fingerprint density at radius 3 is 2.19 bits per heavy atom. The first-order chi connectivity index (χ1) is 17.6. The van der Waals surface area contributed by atoms with Gasteiger partial charge in [-0.25, -0.2) is 0 Å². The zero-order valence-electron chi connectivity index (χ0n) is 20.4. The molecule has 0 heterocycles. The fourth-order valence-corrected chi connectivity index (χ4v) is 5.75. The maximum absolute atomic E-state index is 13.7. The van der Waals surface area contributed by atoms with E-state index in [9.17, 15) is 9.59 Å². The Bertz CT molecular complexity index is 1120. The molecule has 36 heavy (non-hydrogen) atoms. The van der Waals surface area contributed by atoms with Crippen molar-refractivity contribution in [3.63, 3.8) is 0 Å². The summed E-state index contributed by atoms with van der Waals surface area (Å²) in [5.41, 5.74) is 3.12. The van der Waals surface area contributed by atoms with Crippen LogP contribution in [0.5, 0.6) is 0 Å². The third-order valence-electron chi connectivity index (χ3n) is 6.55. The second-order valence-corrected chi connectivity index (χ2v) is 10.7. The van der Waals surface area contributed by atoms with E-state index in [0.717, 1.165) is 42.6 Å². The average molecular weight is 521 g/mol. The summed E-state index contributed by atoms with van der Waals surface area (Å²) >= 11 is 7.83. The number of carbonyl (C=O) groups excluding carboxylic acids is 2. The Balaban J connectivity index is 1.56. The highest BCUT2D eigenvalue weighted by Crippen LogP contribution is 2.22. The summed E-state index contributed by atoms with van der Waals surface area (Å²) in [6, 6.07) is 27.2. The topological polar surface area (TPSA) is 49.4 Å². The van der Waals surface area contributed by atoms with E-state index < -0.39 is 6.04 Å². The van der Waals surface area contributed by atoms with Gasteiger partial charge in [-0.1, -0.05) is 97.2 Å². The number of thioether (sulfide) groups is 1. The summed E-state index contributed by atoms with van der Waals surface area (Å²) in [4.78, 5) is 29.1. The SMILES string of the molecule is O=C(NC1CCCC1)C(Cc1ccccc1)N(Cc1cccc(Cl)c1)C(=O)CSCc1ccccc1. The highest BCUT2D eigenvalue weighted by Gasteiger charge is 2.32. The Kier molecular flexibility index (Phi) is 9.88. The van der Waals surface area contributed by atoms with Crippen LogP contribution < -0.4 is 5.32 Å². The summed E-state index contributed by atoms with van der Waals surface area (Å²) in [5.74, 6) is 0.930. The van der Waals surface area contributed by atoms with Gasteiger partial charge in [-0.2, -0.15) is 0 Å². The fourth-order valence-electron chi connectivity index (χ4n) is 4.67. The molecule has 1 N–H and O–H groups in total. The Morgan fingerprint density at radius 2 is 1.53 bits per heavy atom. The maximum Gasteiger partial charge on any atom is 0.243 e. The molecule has 0 spiro atoms. The van der Waals surface area contributed by atoms with E-state index >= 15 is 0 Å². The molecule has 4 nitrogen and oxygen atoms in total. The van der Waals surface area contributed by atoms with Gasteiger partial charge in [0.15, 0.2) is 0 Å². The lowest BCUT2D eigenvalue weighted by Crippen LogP contribution is -2.52. The van der Waals surface area contributed by atoms with Crippen LogP contribution in [0.3, 0.4) is 0 Å². The predicted molar refractivity (Wildman–Crippen MR) is 149 cm³/mol. The van der Waals surface area contributed by atoms with Crippen molar-refractivity contribution in [3.8, 4) is 0 Å². The van der Waals surface area contributed by atoms with Crippen LogP contribution in [0.15, 0.2) is 84.9 Å². The van der Waals surface area contributed by atoms with Crippen molar-refractivity contribution in [2.45, 2.75) is 56.5 Å². The third-order valence-corrected chi connectivity index (χ3v) is 7.78. The van der Waals surface area contributed by atoms with Crippen molar-refractivity contribution < 1.29 is 9.59 Å². The number of hydrogen-bond acceptors (Lipinski definition) is 3. The maximum atomic E-state index is 13.7. The van der Waals surface area contributed by atoms with Crippen LogP contribution >= 0.6 is 23.4 Å². The summed E-state index contributed by atoms with van der Waals surface area (Å²) in [7, 11) is 0. The van der Waals surface area contributed by atoms with E-state index in [-0.39, 0.29) is 17.9 Å². The van der Waals surface area contributed by atoms with E-state index in [4.69, 9.17) is 11.6 Å². The Morgan fingerprint density at radius 1 is 0.889 bits per heavy atom. The van der Waals surface area contributed by atoms with Gasteiger partial charge in [0.25, 0.3) is 0 Å². The number of rotatable bonds is 11. The largest absolute Gasteiger partial charge is 0.352 e. The first kappa shape index (κ1) is 26.3. The fraction of sp³-hybridized carbons (Fsp3) is 0.333. The minimum Gasteiger partial charge on any atom is -0.352 e. The van der Waals surface area contributed by atoms with Gasteiger partial charge < -0.3 is 10.2 Å². The van der Waals surface area contributed by atoms with E-state index in [1.165, 1.54) is 5.56 Å². The Labute approximate surface area is 223 Å². The molecule has 4 rings (SSSR count). The number of nitrogens with one attached hydrogen (secondary N) is 1.